The van der Waals surface area contributed by atoms with Crippen LogP contribution in [-0.4, -0.2) is 19.7 Å². The topological polar surface area (TPSA) is 21.3 Å². The van der Waals surface area contributed by atoms with Gasteiger partial charge in [0.25, 0.3) is 0 Å². The lowest BCUT2D eigenvalue weighted by Gasteiger charge is -2.22. The summed E-state index contributed by atoms with van der Waals surface area (Å²) < 4.78 is 43.2. The predicted octanol–water partition coefficient (Wildman–Crippen LogP) is 3.33. The van der Waals surface area contributed by atoms with E-state index in [1.165, 1.54) is 6.07 Å². The smallest absolute Gasteiger partial charge is 0.416 e. The highest BCUT2D eigenvalue weighted by Crippen LogP contribution is 2.31. The lowest BCUT2D eigenvalue weighted by atomic mass is 10.1. The number of hydrogen-bond donors (Lipinski definition) is 1. The fraction of sp³-hybridized carbons (Fsp3) is 0.538. The Kier molecular flexibility index (Phi) is 5.02. The molecule has 0 spiro atoms. The maximum absolute atomic E-state index is 12.5. The van der Waals surface area contributed by atoms with E-state index in [4.69, 9.17) is 4.74 Å². The van der Waals surface area contributed by atoms with Crippen LogP contribution in [0.3, 0.4) is 0 Å². The highest BCUT2D eigenvalue weighted by atomic mass is 19.4. The quantitative estimate of drug-likeness (QED) is 0.877. The van der Waals surface area contributed by atoms with Crippen molar-refractivity contribution in [3.8, 4) is 5.75 Å². The Labute approximate surface area is 105 Å². The number of benzene rings is 1. The summed E-state index contributed by atoms with van der Waals surface area (Å²) in [6.07, 6.45) is -4.49. The average molecular weight is 261 g/mol. The zero-order valence-electron chi connectivity index (χ0n) is 10.7. The largest absolute Gasteiger partial charge is 0.489 e. The Balaban J connectivity index is 2.83. The van der Waals surface area contributed by atoms with Crippen LogP contribution in [0.1, 0.15) is 19.4 Å². The van der Waals surface area contributed by atoms with Crippen LogP contribution < -0.4 is 10.1 Å². The molecule has 0 saturated carbocycles. The van der Waals surface area contributed by atoms with Crippen molar-refractivity contribution >= 4 is 0 Å². The number of likely N-dealkylation sites (N-methyl/N-ethyl adjacent to an activating group) is 1. The number of nitrogens with one attached hydrogen (secondary N) is 1. The van der Waals surface area contributed by atoms with Crippen molar-refractivity contribution in [3.05, 3.63) is 29.8 Å². The first-order valence-electron chi connectivity index (χ1n) is 5.83. The summed E-state index contributed by atoms with van der Waals surface area (Å²) in [4.78, 5) is 0. The monoisotopic (exact) mass is 261 g/mol. The van der Waals surface area contributed by atoms with E-state index in [-0.39, 0.29) is 17.8 Å². The highest BCUT2D eigenvalue weighted by molar-refractivity contribution is 5.30. The summed E-state index contributed by atoms with van der Waals surface area (Å²) in [7, 11) is 1.78. The fourth-order valence-corrected chi connectivity index (χ4v) is 1.54. The normalized spacial score (nSPS) is 13.7. The number of alkyl halides is 3. The van der Waals surface area contributed by atoms with Crippen molar-refractivity contribution < 1.29 is 17.9 Å². The SMILES string of the molecule is CNCC(Oc1cccc(C(F)(F)F)c1)C(C)C. The Morgan fingerprint density at radius 1 is 1.28 bits per heavy atom. The lowest BCUT2D eigenvalue weighted by molar-refractivity contribution is -0.137. The average Bonchev–Trinajstić information content (AvgIpc) is 2.27. The lowest BCUT2D eigenvalue weighted by Crippen LogP contribution is -2.33. The van der Waals surface area contributed by atoms with Gasteiger partial charge in [0.1, 0.15) is 11.9 Å². The molecule has 0 amide bonds. The Morgan fingerprint density at radius 2 is 1.94 bits per heavy atom. The zero-order valence-corrected chi connectivity index (χ0v) is 10.7. The first-order valence-corrected chi connectivity index (χ1v) is 5.83. The van der Waals surface area contributed by atoms with Gasteiger partial charge in [-0.1, -0.05) is 19.9 Å². The first kappa shape index (κ1) is 14.8. The molecule has 1 N–H and O–H groups in total. The summed E-state index contributed by atoms with van der Waals surface area (Å²) in [5.74, 6) is 0.464. The van der Waals surface area contributed by atoms with E-state index in [0.29, 0.717) is 6.54 Å². The van der Waals surface area contributed by atoms with E-state index in [9.17, 15) is 13.2 Å². The van der Waals surface area contributed by atoms with Crippen LogP contribution in [-0.2, 0) is 6.18 Å². The molecular weight excluding hydrogens is 243 g/mol. The highest BCUT2D eigenvalue weighted by Gasteiger charge is 2.30. The molecule has 0 bridgehead atoms. The maximum Gasteiger partial charge on any atom is 0.416 e. The van der Waals surface area contributed by atoms with Gasteiger partial charge in [-0.15, -0.1) is 0 Å². The molecule has 18 heavy (non-hydrogen) atoms. The van der Waals surface area contributed by atoms with Gasteiger partial charge in [-0.2, -0.15) is 13.2 Å². The summed E-state index contributed by atoms with van der Waals surface area (Å²) in [6.45, 7) is 4.53. The second-order valence-electron chi connectivity index (χ2n) is 4.48. The number of rotatable bonds is 5. The molecule has 0 aliphatic rings. The molecule has 102 valence electrons. The van der Waals surface area contributed by atoms with Crippen LogP contribution in [0.15, 0.2) is 24.3 Å². The first-order chi connectivity index (χ1) is 8.34. The van der Waals surface area contributed by atoms with Crippen molar-refractivity contribution in [2.45, 2.75) is 26.1 Å². The number of halogens is 3. The molecule has 1 unspecified atom stereocenters. The molecular formula is C13H18F3NO. The number of hydrogen-bond acceptors (Lipinski definition) is 2. The molecule has 1 rings (SSSR count). The van der Waals surface area contributed by atoms with Gasteiger partial charge in [-0.3, -0.25) is 0 Å². The molecule has 0 aliphatic heterocycles. The van der Waals surface area contributed by atoms with Crippen molar-refractivity contribution in [1.29, 1.82) is 0 Å². The molecule has 0 heterocycles. The van der Waals surface area contributed by atoms with E-state index in [1.807, 2.05) is 13.8 Å². The van der Waals surface area contributed by atoms with Crippen LogP contribution in [0.25, 0.3) is 0 Å². The maximum atomic E-state index is 12.5. The second-order valence-corrected chi connectivity index (χ2v) is 4.48. The Hall–Kier alpha value is -1.23. The molecule has 0 aliphatic carbocycles. The van der Waals surface area contributed by atoms with Gasteiger partial charge in [0, 0.05) is 6.54 Å². The van der Waals surface area contributed by atoms with Gasteiger partial charge < -0.3 is 10.1 Å². The third-order valence-electron chi connectivity index (χ3n) is 2.60. The molecule has 1 atom stereocenters. The van der Waals surface area contributed by atoms with Crippen LogP contribution in [0, 0.1) is 5.92 Å². The Morgan fingerprint density at radius 3 is 2.44 bits per heavy atom. The summed E-state index contributed by atoms with van der Waals surface area (Å²) in [6, 6.07) is 4.97. The minimum absolute atomic E-state index is 0.154. The van der Waals surface area contributed by atoms with Crippen molar-refractivity contribution in [2.75, 3.05) is 13.6 Å². The predicted molar refractivity (Wildman–Crippen MR) is 64.6 cm³/mol. The zero-order chi connectivity index (χ0) is 13.8. The summed E-state index contributed by atoms with van der Waals surface area (Å²) in [5.41, 5.74) is -0.688. The minimum atomic E-state index is -4.34. The fourth-order valence-electron chi connectivity index (χ4n) is 1.54. The molecule has 2 nitrogen and oxygen atoms in total. The van der Waals surface area contributed by atoms with E-state index in [1.54, 1.807) is 13.1 Å². The van der Waals surface area contributed by atoms with Crippen LogP contribution in [0.2, 0.25) is 0 Å². The van der Waals surface area contributed by atoms with Crippen molar-refractivity contribution in [3.63, 3.8) is 0 Å². The van der Waals surface area contributed by atoms with Crippen LogP contribution >= 0.6 is 0 Å². The van der Waals surface area contributed by atoms with E-state index in [0.717, 1.165) is 12.1 Å². The van der Waals surface area contributed by atoms with Crippen molar-refractivity contribution in [2.24, 2.45) is 5.92 Å². The van der Waals surface area contributed by atoms with E-state index >= 15 is 0 Å². The van der Waals surface area contributed by atoms with Crippen molar-refractivity contribution in [1.82, 2.24) is 5.32 Å². The second kappa shape index (κ2) is 6.09. The van der Waals surface area contributed by atoms with Gasteiger partial charge in [0.2, 0.25) is 0 Å². The molecule has 1 aromatic rings. The van der Waals surface area contributed by atoms with Gasteiger partial charge in [0.15, 0.2) is 0 Å². The van der Waals surface area contributed by atoms with Gasteiger partial charge >= 0.3 is 6.18 Å². The molecule has 1 aromatic carbocycles. The van der Waals surface area contributed by atoms with Crippen LogP contribution in [0.5, 0.6) is 5.75 Å². The summed E-state index contributed by atoms with van der Waals surface area (Å²) in [5, 5.41) is 2.97. The van der Waals surface area contributed by atoms with Gasteiger partial charge in [-0.05, 0) is 31.2 Å². The third-order valence-corrected chi connectivity index (χ3v) is 2.60. The molecule has 0 aromatic heterocycles. The third kappa shape index (κ3) is 4.22. The van der Waals surface area contributed by atoms with E-state index in [2.05, 4.69) is 5.32 Å². The molecule has 0 saturated heterocycles. The number of ether oxygens (including phenoxy) is 1. The van der Waals surface area contributed by atoms with Gasteiger partial charge in [-0.25, -0.2) is 0 Å². The molecule has 0 fully saturated rings. The standard InChI is InChI=1S/C13H18F3NO/c1-9(2)12(8-17-3)18-11-6-4-5-10(7-11)13(14,15)16/h4-7,9,12,17H,8H2,1-3H3. The summed E-state index contributed by atoms with van der Waals surface area (Å²) >= 11 is 0. The Bertz CT molecular complexity index is 377. The van der Waals surface area contributed by atoms with Crippen LogP contribution in [0.4, 0.5) is 13.2 Å². The molecule has 5 heteroatoms. The van der Waals surface area contributed by atoms with Gasteiger partial charge in [0.05, 0.1) is 5.56 Å². The minimum Gasteiger partial charge on any atom is -0.489 e. The molecule has 0 radical (unpaired) electrons. The van der Waals surface area contributed by atoms with E-state index < -0.39 is 11.7 Å².